The maximum atomic E-state index is 12.7. The molecule has 1 aromatic heterocycles. The van der Waals surface area contributed by atoms with Gasteiger partial charge in [0.1, 0.15) is 0 Å². The summed E-state index contributed by atoms with van der Waals surface area (Å²) in [6.45, 7) is -0.687. The predicted molar refractivity (Wildman–Crippen MR) is 47.8 cm³/mol. The maximum Gasteiger partial charge on any atom is 0.265 e. The second-order valence-electron chi connectivity index (χ2n) is 2.26. The Hall–Kier alpha value is -0.370. The van der Waals surface area contributed by atoms with Crippen molar-refractivity contribution >= 4 is 22.6 Å². The van der Waals surface area contributed by atoms with Crippen molar-refractivity contribution in [2.45, 2.75) is 13.0 Å². The van der Waals surface area contributed by atoms with Crippen molar-refractivity contribution in [3.05, 3.63) is 26.8 Å². The minimum atomic E-state index is -2.75. The third-order valence-electron chi connectivity index (χ3n) is 1.43. The van der Waals surface area contributed by atoms with Gasteiger partial charge in [0.05, 0.1) is 15.9 Å². The Morgan fingerprint density at radius 3 is 2.62 bits per heavy atom. The van der Waals surface area contributed by atoms with Crippen molar-refractivity contribution in [1.29, 1.82) is 0 Å². The largest absolute Gasteiger partial charge is 0.390 e. The molecule has 72 valence electrons. The zero-order valence-electron chi connectivity index (χ0n) is 6.27. The van der Waals surface area contributed by atoms with Crippen molar-refractivity contribution in [3.63, 3.8) is 0 Å². The number of nitrogens with zero attached hydrogens (tertiary/aromatic N) is 1. The van der Waals surface area contributed by atoms with Crippen molar-refractivity contribution < 1.29 is 18.3 Å². The molecule has 0 aliphatic heterocycles. The third-order valence-corrected chi connectivity index (χ3v) is 2.19. The molecule has 0 radical (unpaired) electrons. The Balaban J connectivity index is 3.25. The summed E-state index contributed by atoms with van der Waals surface area (Å²) >= 11 is 1.56. The molecule has 0 bridgehead atoms. The number of rotatable bonds is 2. The van der Waals surface area contributed by atoms with Crippen LogP contribution in [-0.4, -0.2) is 10.1 Å². The lowest BCUT2D eigenvalue weighted by atomic mass is 10.2. The van der Waals surface area contributed by atoms with Crippen molar-refractivity contribution in [2.24, 2.45) is 0 Å². The molecule has 0 aliphatic carbocycles. The number of pyridine rings is 1. The molecule has 0 saturated carbocycles. The second kappa shape index (κ2) is 4.23. The van der Waals surface area contributed by atoms with Gasteiger partial charge < -0.3 is 5.11 Å². The van der Waals surface area contributed by atoms with Crippen LogP contribution < -0.4 is 0 Å². The Morgan fingerprint density at radius 1 is 1.54 bits per heavy atom. The summed E-state index contributed by atoms with van der Waals surface area (Å²) in [5.74, 6) is -0.839. The molecule has 0 amide bonds. The first-order valence-electron chi connectivity index (χ1n) is 3.30. The van der Waals surface area contributed by atoms with E-state index in [2.05, 4.69) is 4.98 Å². The van der Waals surface area contributed by atoms with Gasteiger partial charge in [-0.1, -0.05) is 0 Å². The molecule has 0 aromatic carbocycles. The summed E-state index contributed by atoms with van der Waals surface area (Å²) in [6, 6.07) is 0.985. The quantitative estimate of drug-likeness (QED) is 0.671. The molecule has 2 nitrogen and oxygen atoms in total. The van der Waals surface area contributed by atoms with Crippen LogP contribution in [0.4, 0.5) is 13.2 Å². The number of halogens is 4. The van der Waals surface area contributed by atoms with E-state index in [-0.39, 0.29) is 9.26 Å². The van der Waals surface area contributed by atoms with E-state index in [4.69, 9.17) is 5.11 Å². The van der Waals surface area contributed by atoms with Crippen LogP contribution >= 0.6 is 22.6 Å². The van der Waals surface area contributed by atoms with Crippen molar-refractivity contribution in [2.75, 3.05) is 0 Å². The Labute approximate surface area is 85.9 Å². The summed E-state index contributed by atoms with van der Waals surface area (Å²) in [5, 5.41) is 8.62. The van der Waals surface area contributed by atoms with E-state index in [9.17, 15) is 13.2 Å². The SMILES string of the molecule is OCc1nc(F)c(I)cc1C(F)F. The minimum absolute atomic E-state index is 0.0186. The van der Waals surface area contributed by atoms with Gasteiger partial charge in [-0.05, 0) is 28.7 Å². The van der Waals surface area contributed by atoms with Crippen LogP contribution in [-0.2, 0) is 6.61 Å². The Bertz CT molecular complexity index is 319. The molecule has 0 unspecified atom stereocenters. The number of aliphatic hydroxyl groups is 1. The van der Waals surface area contributed by atoms with Gasteiger partial charge in [-0.25, -0.2) is 13.8 Å². The van der Waals surface area contributed by atoms with Gasteiger partial charge in [-0.2, -0.15) is 4.39 Å². The van der Waals surface area contributed by atoms with Crippen LogP contribution in [0.2, 0.25) is 0 Å². The molecular formula is C7H5F3INO. The molecule has 1 N–H and O–H groups in total. The number of alkyl halides is 2. The van der Waals surface area contributed by atoms with E-state index in [0.717, 1.165) is 6.07 Å². The van der Waals surface area contributed by atoms with Crippen LogP contribution in [0.25, 0.3) is 0 Å². The number of hydrogen-bond acceptors (Lipinski definition) is 2. The van der Waals surface area contributed by atoms with Crippen molar-refractivity contribution in [3.8, 4) is 0 Å². The number of hydrogen-bond donors (Lipinski definition) is 1. The third kappa shape index (κ3) is 2.31. The standard InChI is InChI=1S/C7H5F3INO/c8-6(9)3-1-4(11)7(10)12-5(3)2-13/h1,6,13H,2H2. The average Bonchev–Trinajstić information content (AvgIpc) is 2.08. The van der Waals surface area contributed by atoms with Crippen LogP contribution in [0.5, 0.6) is 0 Å². The zero-order chi connectivity index (χ0) is 10.0. The fraction of sp³-hybridized carbons (Fsp3) is 0.286. The first-order chi connectivity index (χ1) is 6.06. The fourth-order valence-electron chi connectivity index (χ4n) is 0.831. The van der Waals surface area contributed by atoms with E-state index in [1.54, 1.807) is 22.6 Å². The second-order valence-corrected chi connectivity index (χ2v) is 3.42. The van der Waals surface area contributed by atoms with Gasteiger partial charge in [-0.3, -0.25) is 0 Å². The highest BCUT2D eigenvalue weighted by Crippen LogP contribution is 2.24. The highest BCUT2D eigenvalue weighted by molar-refractivity contribution is 14.1. The Morgan fingerprint density at radius 2 is 2.15 bits per heavy atom. The van der Waals surface area contributed by atoms with Gasteiger partial charge in [0.25, 0.3) is 6.43 Å². The van der Waals surface area contributed by atoms with Crippen LogP contribution in [0.15, 0.2) is 6.07 Å². The topological polar surface area (TPSA) is 33.1 Å². The highest BCUT2D eigenvalue weighted by atomic mass is 127. The highest BCUT2D eigenvalue weighted by Gasteiger charge is 2.16. The van der Waals surface area contributed by atoms with Gasteiger partial charge in [-0.15, -0.1) is 0 Å². The molecule has 6 heteroatoms. The first-order valence-corrected chi connectivity index (χ1v) is 4.38. The molecule has 0 fully saturated rings. The molecule has 1 aromatic rings. The first kappa shape index (κ1) is 10.7. The van der Waals surface area contributed by atoms with E-state index in [0.29, 0.717) is 0 Å². The molecule has 0 saturated heterocycles. The molecule has 1 heterocycles. The van der Waals surface area contributed by atoms with Crippen molar-refractivity contribution in [1.82, 2.24) is 4.98 Å². The van der Waals surface area contributed by atoms with Crippen LogP contribution in [0.1, 0.15) is 17.7 Å². The smallest absolute Gasteiger partial charge is 0.265 e. The monoisotopic (exact) mass is 303 g/mol. The molecular weight excluding hydrogens is 298 g/mol. The van der Waals surface area contributed by atoms with E-state index >= 15 is 0 Å². The van der Waals surface area contributed by atoms with Gasteiger partial charge in [0.2, 0.25) is 5.95 Å². The van der Waals surface area contributed by atoms with E-state index in [1.165, 1.54) is 0 Å². The lowest BCUT2D eigenvalue weighted by molar-refractivity contribution is 0.145. The lowest BCUT2D eigenvalue weighted by Gasteiger charge is -2.06. The summed E-state index contributed by atoms with van der Waals surface area (Å²) in [6.07, 6.45) is -2.75. The fourth-order valence-corrected chi connectivity index (χ4v) is 1.29. The maximum absolute atomic E-state index is 12.7. The molecule has 0 atom stereocenters. The number of aromatic nitrogens is 1. The van der Waals surface area contributed by atoms with Gasteiger partial charge >= 0.3 is 0 Å². The lowest BCUT2D eigenvalue weighted by Crippen LogP contribution is -2.02. The summed E-state index contributed by atoms with van der Waals surface area (Å²) < 4.78 is 37.3. The van der Waals surface area contributed by atoms with E-state index < -0.39 is 24.5 Å². The normalized spacial score (nSPS) is 10.9. The molecule has 1 rings (SSSR count). The van der Waals surface area contributed by atoms with Gasteiger partial charge in [0.15, 0.2) is 0 Å². The predicted octanol–water partition coefficient (Wildman–Crippen LogP) is 2.26. The summed E-state index contributed by atoms with van der Waals surface area (Å²) in [4.78, 5) is 3.21. The Kier molecular flexibility index (Phi) is 3.48. The van der Waals surface area contributed by atoms with Crippen LogP contribution in [0.3, 0.4) is 0 Å². The summed E-state index contributed by atoms with van der Waals surface area (Å²) in [5.41, 5.74) is -0.735. The van der Waals surface area contributed by atoms with Crippen LogP contribution in [0, 0.1) is 9.52 Å². The molecule has 0 spiro atoms. The minimum Gasteiger partial charge on any atom is -0.390 e. The molecule has 13 heavy (non-hydrogen) atoms. The van der Waals surface area contributed by atoms with Gasteiger partial charge in [0, 0.05) is 5.56 Å². The zero-order valence-corrected chi connectivity index (χ0v) is 8.43. The van der Waals surface area contributed by atoms with E-state index in [1.807, 2.05) is 0 Å². The summed E-state index contributed by atoms with van der Waals surface area (Å²) in [7, 11) is 0. The number of aliphatic hydroxyl groups excluding tert-OH is 1. The molecule has 0 aliphatic rings. The average molecular weight is 303 g/mol.